The number of hydrogen-bond acceptors (Lipinski definition) is 3. The Morgan fingerprint density at radius 3 is 2.80 bits per heavy atom. The maximum absolute atomic E-state index is 11.8. The van der Waals surface area contributed by atoms with E-state index >= 15 is 0 Å². The van der Waals surface area contributed by atoms with E-state index in [1.54, 1.807) is 24.2 Å². The van der Waals surface area contributed by atoms with Crippen molar-refractivity contribution in [1.29, 1.82) is 0 Å². The summed E-state index contributed by atoms with van der Waals surface area (Å²) in [4.78, 5) is 18.9. The summed E-state index contributed by atoms with van der Waals surface area (Å²) in [6.45, 7) is 3.99. The van der Waals surface area contributed by atoms with Gasteiger partial charge in [-0.1, -0.05) is 29.8 Å². The molecule has 0 aliphatic carbocycles. The molecule has 0 fully saturated rings. The molecule has 2 rings (SSSR count). The molecular weight excluding hydrogens is 270 g/mol. The Hall–Kier alpha value is -1.75. The van der Waals surface area contributed by atoms with Crippen LogP contribution in [0.3, 0.4) is 0 Å². The summed E-state index contributed by atoms with van der Waals surface area (Å²) in [6, 6.07) is 8.30. The third-order valence-electron chi connectivity index (χ3n) is 2.93. The van der Waals surface area contributed by atoms with Crippen molar-refractivity contribution in [3.8, 4) is 0 Å². The zero-order chi connectivity index (χ0) is 14.4. The molecule has 0 radical (unpaired) electrons. The number of carbonyl (C=O) groups is 1. The second-order valence-corrected chi connectivity index (χ2v) is 5.73. The number of aryl methyl sites for hydroxylation is 1. The van der Waals surface area contributed by atoms with E-state index < -0.39 is 0 Å². The lowest BCUT2D eigenvalue weighted by molar-refractivity contribution is -0.119. The molecule has 0 aliphatic rings. The molecule has 1 atom stereocenters. The number of amides is 1. The van der Waals surface area contributed by atoms with Gasteiger partial charge in [-0.05, 0) is 19.4 Å². The van der Waals surface area contributed by atoms with Gasteiger partial charge in [-0.2, -0.15) is 0 Å². The van der Waals surface area contributed by atoms with Gasteiger partial charge in [-0.25, -0.2) is 4.98 Å². The summed E-state index contributed by atoms with van der Waals surface area (Å²) in [7, 11) is 0. The van der Waals surface area contributed by atoms with Crippen molar-refractivity contribution in [2.45, 2.75) is 25.6 Å². The highest BCUT2D eigenvalue weighted by Crippen LogP contribution is 2.13. The predicted molar refractivity (Wildman–Crippen MR) is 82.5 cm³/mol. The van der Waals surface area contributed by atoms with Gasteiger partial charge in [0.2, 0.25) is 5.91 Å². The molecule has 1 heterocycles. The number of imidazole rings is 1. The molecule has 1 aromatic carbocycles. The monoisotopic (exact) mass is 289 g/mol. The Kier molecular flexibility index (Phi) is 5.24. The molecule has 1 aromatic heterocycles. The molecule has 1 unspecified atom stereocenters. The summed E-state index contributed by atoms with van der Waals surface area (Å²) < 4.78 is 0. The van der Waals surface area contributed by atoms with Crippen LogP contribution < -0.4 is 5.32 Å². The quantitative estimate of drug-likeness (QED) is 0.859. The van der Waals surface area contributed by atoms with Crippen molar-refractivity contribution in [3.05, 3.63) is 53.6 Å². The minimum Gasteiger partial charge on any atom is -0.347 e. The second kappa shape index (κ2) is 7.14. The van der Waals surface area contributed by atoms with Crippen molar-refractivity contribution < 1.29 is 4.79 Å². The maximum Gasteiger partial charge on any atom is 0.230 e. The standard InChI is InChI=1S/C15H19N3OS/c1-11-3-5-13(6-4-11)9-20-10-14(19)18-12(2)15-16-7-8-17-15/h3-8,12H,9-10H2,1-2H3,(H,16,17)(H,18,19). The lowest BCUT2D eigenvalue weighted by Crippen LogP contribution is -2.28. The largest absolute Gasteiger partial charge is 0.347 e. The summed E-state index contributed by atoms with van der Waals surface area (Å²) in [5.41, 5.74) is 2.50. The third-order valence-corrected chi connectivity index (χ3v) is 3.93. The Bertz CT molecular complexity index is 537. The molecule has 0 saturated heterocycles. The van der Waals surface area contributed by atoms with Crippen LogP contribution in [0.25, 0.3) is 0 Å². The Balaban J connectivity index is 1.71. The average Bonchev–Trinajstić information content (AvgIpc) is 2.95. The number of aromatic nitrogens is 2. The SMILES string of the molecule is Cc1ccc(CSCC(=O)NC(C)c2ncc[nH]2)cc1. The summed E-state index contributed by atoms with van der Waals surface area (Å²) >= 11 is 1.62. The average molecular weight is 289 g/mol. The van der Waals surface area contributed by atoms with Gasteiger partial charge in [0.1, 0.15) is 5.82 Å². The number of H-pyrrole nitrogens is 1. The molecule has 20 heavy (non-hydrogen) atoms. The van der Waals surface area contributed by atoms with Gasteiger partial charge in [-0.15, -0.1) is 11.8 Å². The molecule has 5 heteroatoms. The van der Waals surface area contributed by atoms with Crippen LogP contribution in [0, 0.1) is 6.92 Å². The highest BCUT2D eigenvalue weighted by Gasteiger charge is 2.11. The fourth-order valence-corrected chi connectivity index (χ4v) is 2.61. The van der Waals surface area contributed by atoms with E-state index in [0.717, 1.165) is 11.6 Å². The van der Waals surface area contributed by atoms with Gasteiger partial charge in [0.25, 0.3) is 0 Å². The van der Waals surface area contributed by atoms with Gasteiger partial charge in [0.15, 0.2) is 0 Å². The topological polar surface area (TPSA) is 57.8 Å². The van der Waals surface area contributed by atoms with Gasteiger partial charge in [-0.3, -0.25) is 4.79 Å². The summed E-state index contributed by atoms with van der Waals surface area (Å²) in [5, 5.41) is 2.92. The lowest BCUT2D eigenvalue weighted by atomic mass is 10.2. The van der Waals surface area contributed by atoms with Crippen molar-refractivity contribution in [3.63, 3.8) is 0 Å². The Labute approximate surface area is 123 Å². The number of aromatic amines is 1. The molecule has 0 spiro atoms. The molecule has 1 amide bonds. The molecular formula is C15H19N3OS. The van der Waals surface area contributed by atoms with E-state index in [2.05, 4.69) is 46.5 Å². The highest BCUT2D eigenvalue weighted by molar-refractivity contribution is 7.99. The lowest BCUT2D eigenvalue weighted by Gasteiger charge is -2.11. The minimum atomic E-state index is -0.0857. The van der Waals surface area contributed by atoms with Crippen LogP contribution >= 0.6 is 11.8 Å². The van der Waals surface area contributed by atoms with E-state index in [-0.39, 0.29) is 11.9 Å². The predicted octanol–water partition coefficient (Wildman–Crippen LogP) is 2.83. The molecule has 0 bridgehead atoms. The number of rotatable bonds is 6. The molecule has 0 saturated carbocycles. The molecule has 4 nitrogen and oxygen atoms in total. The first kappa shape index (κ1) is 14.7. The molecule has 2 N–H and O–H groups in total. The van der Waals surface area contributed by atoms with Crippen LogP contribution in [-0.2, 0) is 10.5 Å². The normalized spacial score (nSPS) is 12.1. The van der Waals surface area contributed by atoms with Gasteiger partial charge in [0.05, 0.1) is 11.8 Å². The van der Waals surface area contributed by atoms with E-state index in [0.29, 0.717) is 5.75 Å². The number of hydrogen-bond donors (Lipinski definition) is 2. The van der Waals surface area contributed by atoms with Gasteiger partial charge >= 0.3 is 0 Å². The fraction of sp³-hybridized carbons (Fsp3) is 0.333. The van der Waals surface area contributed by atoms with E-state index in [1.807, 2.05) is 6.92 Å². The highest BCUT2D eigenvalue weighted by atomic mass is 32.2. The van der Waals surface area contributed by atoms with Crippen LogP contribution in [0.2, 0.25) is 0 Å². The summed E-state index contributed by atoms with van der Waals surface area (Å²) in [6.07, 6.45) is 3.44. The number of benzene rings is 1. The van der Waals surface area contributed by atoms with Gasteiger partial charge in [0, 0.05) is 18.1 Å². The third kappa shape index (κ3) is 4.42. The van der Waals surface area contributed by atoms with Crippen molar-refractivity contribution >= 4 is 17.7 Å². The first-order valence-corrected chi connectivity index (χ1v) is 7.72. The van der Waals surface area contributed by atoms with Crippen molar-refractivity contribution in [2.75, 3.05) is 5.75 Å². The Morgan fingerprint density at radius 1 is 1.40 bits per heavy atom. The van der Waals surface area contributed by atoms with Gasteiger partial charge < -0.3 is 10.3 Å². The van der Waals surface area contributed by atoms with Crippen molar-refractivity contribution in [2.24, 2.45) is 0 Å². The van der Waals surface area contributed by atoms with Crippen LogP contribution in [-0.4, -0.2) is 21.6 Å². The van der Waals surface area contributed by atoms with Crippen molar-refractivity contribution in [1.82, 2.24) is 15.3 Å². The Morgan fingerprint density at radius 2 is 2.15 bits per heavy atom. The zero-order valence-corrected chi connectivity index (χ0v) is 12.5. The van der Waals surface area contributed by atoms with E-state index in [4.69, 9.17) is 0 Å². The minimum absolute atomic E-state index is 0.0333. The maximum atomic E-state index is 11.8. The van der Waals surface area contributed by atoms with Crippen LogP contribution in [0.15, 0.2) is 36.7 Å². The van der Waals surface area contributed by atoms with E-state index in [1.165, 1.54) is 11.1 Å². The second-order valence-electron chi connectivity index (χ2n) is 4.74. The number of carbonyl (C=O) groups excluding carboxylic acids is 1. The van der Waals surface area contributed by atoms with E-state index in [9.17, 15) is 4.79 Å². The first-order valence-electron chi connectivity index (χ1n) is 6.57. The molecule has 106 valence electrons. The first-order chi connectivity index (χ1) is 9.65. The number of nitrogens with one attached hydrogen (secondary N) is 2. The fourth-order valence-electron chi connectivity index (χ4n) is 1.81. The molecule has 0 aliphatic heterocycles. The molecule has 2 aromatic rings. The van der Waals surface area contributed by atoms with Crippen LogP contribution in [0.5, 0.6) is 0 Å². The zero-order valence-electron chi connectivity index (χ0n) is 11.7. The number of thioether (sulfide) groups is 1. The van der Waals surface area contributed by atoms with Crippen LogP contribution in [0.1, 0.15) is 29.9 Å². The smallest absolute Gasteiger partial charge is 0.230 e. The van der Waals surface area contributed by atoms with Crippen LogP contribution in [0.4, 0.5) is 0 Å². The summed E-state index contributed by atoms with van der Waals surface area (Å²) in [5.74, 6) is 2.12. The number of nitrogens with zero attached hydrogens (tertiary/aromatic N) is 1.